The number of anilines is 2. The average molecular weight is 259 g/mol. The summed E-state index contributed by atoms with van der Waals surface area (Å²) in [5.74, 6) is 0.712. The Balaban J connectivity index is 2.19. The smallest absolute Gasteiger partial charge is 0.228 e. The molecule has 0 saturated heterocycles. The number of aliphatic hydroxyl groups is 1. The van der Waals surface area contributed by atoms with E-state index in [4.69, 9.17) is 5.73 Å². The molecule has 0 aliphatic carbocycles. The Morgan fingerprint density at radius 1 is 1.11 bits per heavy atom. The molecule has 0 amide bonds. The van der Waals surface area contributed by atoms with Gasteiger partial charge in [-0.2, -0.15) is 15.0 Å². The lowest BCUT2D eigenvalue weighted by molar-refractivity contribution is 0.189. The van der Waals surface area contributed by atoms with Crippen LogP contribution >= 0.6 is 0 Å². The first-order chi connectivity index (χ1) is 9.06. The van der Waals surface area contributed by atoms with Crippen molar-refractivity contribution in [2.45, 2.75) is 26.0 Å². The van der Waals surface area contributed by atoms with Crippen LogP contribution < -0.4 is 11.1 Å². The molecule has 0 spiro atoms. The third-order valence-electron chi connectivity index (χ3n) is 2.69. The number of rotatable bonds is 4. The van der Waals surface area contributed by atoms with Crippen LogP contribution in [0, 0.1) is 0 Å². The highest BCUT2D eigenvalue weighted by Gasteiger charge is 2.11. The number of benzene rings is 1. The lowest BCUT2D eigenvalue weighted by Gasteiger charge is -2.15. The molecule has 19 heavy (non-hydrogen) atoms. The number of nitrogen functional groups attached to an aromatic ring is 1. The summed E-state index contributed by atoms with van der Waals surface area (Å²) in [5.41, 5.74) is 6.71. The number of nitrogens with zero attached hydrogens (tertiary/aromatic N) is 3. The third-order valence-corrected chi connectivity index (χ3v) is 2.69. The van der Waals surface area contributed by atoms with Crippen molar-refractivity contribution in [1.82, 2.24) is 15.0 Å². The molecule has 100 valence electrons. The molecule has 0 aliphatic heterocycles. The van der Waals surface area contributed by atoms with Crippen LogP contribution in [0.4, 0.5) is 11.9 Å². The van der Waals surface area contributed by atoms with Crippen molar-refractivity contribution in [3.63, 3.8) is 0 Å². The van der Waals surface area contributed by atoms with Crippen molar-refractivity contribution in [3.05, 3.63) is 41.7 Å². The van der Waals surface area contributed by atoms with Gasteiger partial charge in [-0.05, 0) is 19.4 Å². The van der Waals surface area contributed by atoms with Crippen molar-refractivity contribution >= 4 is 11.9 Å². The number of hydrogen-bond donors (Lipinski definition) is 3. The fourth-order valence-corrected chi connectivity index (χ4v) is 1.68. The molecule has 1 heterocycles. The van der Waals surface area contributed by atoms with Crippen LogP contribution in [-0.2, 0) is 0 Å². The molecule has 0 aliphatic rings. The molecule has 1 aromatic carbocycles. The van der Waals surface area contributed by atoms with Crippen LogP contribution in [0.5, 0.6) is 0 Å². The zero-order chi connectivity index (χ0) is 13.8. The molecule has 6 nitrogen and oxygen atoms in total. The monoisotopic (exact) mass is 259 g/mol. The van der Waals surface area contributed by atoms with E-state index in [1.54, 1.807) is 6.92 Å². The normalized spacial score (nSPS) is 13.8. The van der Waals surface area contributed by atoms with Crippen LogP contribution in [-0.4, -0.2) is 20.1 Å². The number of nitrogens with one attached hydrogen (secondary N) is 1. The van der Waals surface area contributed by atoms with Crippen molar-refractivity contribution in [2.75, 3.05) is 11.1 Å². The molecule has 1 aromatic heterocycles. The van der Waals surface area contributed by atoms with Crippen molar-refractivity contribution in [3.8, 4) is 0 Å². The van der Waals surface area contributed by atoms with Gasteiger partial charge in [0.05, 0.1) is 6.04 Å². The molecule has 0 unspecified atom stereocenters. The highest BCUT2D eigenvalue weighted by Crippen LogP contribution is 2.17. The summed E-state index contributed by atoms with van der Waals surface area (Å²) in [6.45, 7) is 3.58. The van der Waals surface area contributed by atoms with Crippen LogP contribution in [0.25, 0.3) is 0 Å². The summed E-state index contributed by atoms with van der Waals surface area (Å²) in [5, 5.41) is 12.6. The molecule has 2 atom stereocenters. The van der Waals surface area contributed by atoms with Gasteiger partial charge in [-0.15, -0.1) is 0 Å². The van der Waals surface area contributed by atoms with E-state index in [1.165, 1.54) is 0 Å². The minimum Gasteiger partial charge on any atom is -0.385 e. The Labute approximate surface area is 111 Å². The predicted molar refractivity (Wildman–Crippen MR) is 73.4 cm³/mol. The highest BCUT2D eigenvalue weighted by atomic mass is 16.3. The zero-order valence-electron chi connectivity index (χ0n) is 10.9. The number of nitrogens with two attached hydrogens (primary N) is 1. The van der Waals surface area contributed by atoms with Gasteiger partial charge < -0.3 is 16.2 Å². The van der Waals surface area contributed by atoms with E-state index in [2.05, 4.69) is 20.3 Å². The first-order valence-corrected chi connectivity index (χ1v) is 6.07. The Morgan fingerprint density at radius 3 is 2.42 bits per heavy atom. The van der Waals surface area contributed by atoms with E-state index in [0.29, 0.717) is 5.95 Å². The summed E-state index contributed by atoms with van der Waals surface area (Å²) in [7, 11) is 0. The van der Waals surface area contributed by atoms with Crippen LogP contribution in [0.2, 0.25) is 0 Å². The molecule has 0 radical (unpaired) electrons. The van der Waals surface area contributed by atoms with Crippen LogP contribution in [0.3, 0.4) is 0 Å². The summed E-state index contributed by atoms with van der Waals surface area (Å²) >= 11 is 0. The molecule has 0 saturated carbocycles. The molecule has 2 aromatic rings. The van der Waals surface area contributed by atoms with E-state index in [1.807, 2.05) is 37.3 Å². The average Bonchev–Trinajstić information content (AvgIpc) is 2.39. The second kappa shape index (κ2) is 5.62. The van der Waals surface area contributed by atoms with Gasteiger partial charge in [-0.25, -0.2) is 0 Å². The molecule has 2 rings (SSSR count). The van der Waals surface area contributed by atoms with Crippen molar-refractivity contribution < 1.29 is 5.11 Å². The third kappa shape index (κ3) is 3.38. The maximum absolute atomic E-state index is 9.49. The van der Waals surface area contributed by atoms with Crippen LogP contribution in [0.1, 0.15) is 37.4 Å². The fraction of sp³-hybridized carbons (Fsp3) is 0.308. The Morgan fingerprint density at radius 2 is 1.79 bits per heavy atom. The van der Waals surface area contributed by atoms with Gasteiger partial charge in [0, 0.05) is 0 Å². The van der Waals surface area contributed by atoms with E-state index in [0.717, 1.165) is 5.56 Å². The Kier molecular flexibility index (Phi) is 3.91. The Hall–Kier alpha value is -2.21. The second-order valence-electron chi connectivity index (χ2n) is 4.33. The molecular formula is C13H17N5O. The zero-order valence-corrected chi connectivity index (χ0v) is 10.9. The van der Waals surface area contributed by atoms with Gasteiger partial charge in [0.2, 0.25) is 11.9 Å². The highest BCUT2D eigenvalue weighted by molar-refractivity contribution is 5.35. The molecule has 0 fully saturated rings. The second-order valence-corrected chi connectivity index (χ2v) is 4.33. The SMILES string of the molecule is C[C@@H](O)c1nc(N)nc(N[C@H](C)c2ccccc2)n1. The number of aromatic nitrogens is 3. The molecular weight excluding hydrogens is 242 g/mol. The number of hydrogen-bond acceptors (Lipinski definition) is 6. The van der Waals surface area contributed by atoms with Gasteiger partial charge in [-0.1, -0.05) is 30.3 Å². The van der Waals surface area contributed by atoms with Gasteiger partial charge >= 0.3 is 0 Å². The van der Waals surface area contributed by atoms with Gasteiger partial charge in [-0.3, -0.25) is 0 Å². The summed E-state index contributed by atoms with van der Waals surface area (Å²) < 4.78 is 0. The predicted octanol–water partition coefficient (Wildman–Crippen LogP) is 1.68. The maximum atomic E-state index is 9.49. The van der Waals surface area contributed by atoms with E-state index >= 15 is 0 Å². The molecule has 4 N–H and O–H groups in total. The lowest BCUT2D eigenvalue weighted by Crippen LogP contribution is -2.13. The lowest BCUT2D eigenvalue weighted by atomic mass is 10.1. The minimum atomic E-state index is -0.780. The summed E-state index contributed by atoms with van der Waals surface area (Å²) in [6, 6.07) is 9.95. The van der Waals surface area contributed by atoms with E-state index in [9.17, 15) is 5.11 Å². The summed E-state index contributed by atoms with van der Waals surface area (Å²) in [4.78, 5) is 12.0. The first-order valence-electron chi connectivity index (χ1n) is 6.07. The Bertz CT molecular complexity index is 544. The van der Waals surface area contributed by atoms with Crippen molar-refractivity contribution in [2.24, 2.45) is 0 Å². The molecule has 6 heteroatoms. The largest absolute Gasteiger partial charge is 0.385 e. The quantitative estimate of drug-likeness (QED) is 0.773. The standard InChI is InChI=1S/C13H17N5O/c1-8(10-6-4-3-5-7-10)15-13-17-11(9(2)19)16-12(14)18-13/h3-9,19H,1-2H3,(H3,14,15,16,17,18)/t8-,9-/m1/s1. The molecule has 0 bridgehead atoms. The minimum absolute atomic E-state index is 0.0323. The van der Waals surface area contributed by atoms with Gasteiger partial charge in [0.25, 0.3) is 0 Å². The summed E-state index contributed by atoms with van der Waals surface area (Å²) in [6.07, 6.45) is -0.780. The topological polar surface area (TPSA) is 97.0 Å². The first kappa shape index (κ1) is 13.2. The van der Waals surface area contributed by atoms with Crippen molar-refractivity contribution in [1.29, 1.82) is 0 Å². The van der Waals surface area contributed by atoms with E-state index in [-0.39, 0.29) is 17.8 Å². The van der Waals surface area contributed by atoms with Crippen LogP contribution in [0.15, 0.2) is 30.3 Å². The van der Waals surface area contributed by atoms with Gasteiger partial charge in [0.15, 0.2) is 5.82 Å². The fourth-order valence-electron chi connectivity index (χ4n) is 1.68. The number of aliphatic hydroxyl groups excluding tert-OH is 1. The van der Waals surface area contributed by atoms with Gasteiger partial charge in [0.1, 0.15) is 6.10 Å². The maximum Gasteiger partial charge on any atom is 0.228 e. The van der Waals surface area contributed by atoms with E-state index < -0.39 is 6.10 Å².